The van der Waals surface area contributed by atoms with E-state index in [-0.39, 0.29) is 0 Å². The number of hydrogen-bond donors (Lipinski definition) is 1. The lowest BCUT2D eigenvalue weighted by Crippen LogP contribution is -2.13. The van der Waals surface area contributed by atoms with Gasteiger partial charge in [-0.25, -0.2) is 9.97 Å². The molecule has 0 aliphatic rings. The second-order valence-electron chi connectivity index (χ2n) is 3.90. The first-order valence-corrected chi connectivity index (χ1v) is 7.27. The van der Waals surface area contributed by atoms with Crippen LogP contribution in [0.5, 0.6) is 5.75 Å². The molecular weight excluding hydrogens is 374 g/mol. The van der Waals surface area contributed by atoms with Crippen LogP contribution in [-0.4, -0.2) is 17.1 Å². The number of halogens is 2. The third-order valence-corrected chi connectivity index (χ3v) is 3.72. The highest BCUT2D eigenvalue weighted by Gasteiger charge is 2.07. The number of rotatable bonds is 5. The largest absolute Gasteiger partial charge is 0.494 e. The van der Waals surface area contributed by atoms with E-state index in [2.05, 4.69) is 47.1 Å². The summed E-state index contributed by atoms with van der Waals surface area (Å²) in [5.41, 5.74) is 2.13. The molecule has 19 heavy (non-hydrogen) atoms. The summed E-state index contributed by atoms with van der Waals surface area (Å²) in [6, 6.07) is 5.97. The Hall–Kier alpha value is -0.980. The van der Waals surface area contributed by atoms with Crippen molar-refractivity contribution in [2.24, 2.45) is 0 Å². The molecule has 0 aliphatic carbocycles. The Bertz CT molecular complexity index is 526. The van der Waals surface area contributed by atoms with E-state index in [0.29, 0.717) is 6.54 Å². The number of nitrogens with zero attached hydrogens (tertiary/aromatic N) is 2. The van der Waals surface area contributed by atoms with Crippen LogP contribution in [0.3, 0.4) is 0 Å². The summed E-state index contributed by atoms with van der Waals surface area (Å²) in [4.78, 5) is 8.05. The summed E-state index contributed by atoms with van der Waals surface area (Å²) in [6.07, 6.45) is 3.29. The predicted molar refractivity (Wildman–Crippen MR) is 81.0 cm³/mol. The molecular formula is C13H13Br2N3O. The van der Waals surface area contributed by atoms with Gasteiger partial charge in [0.15, 0.2) is 0 Å². The number of hydrogen-bond acceptors (Lipinski definition) is 4. The molecule has 0 fully saturated rings. The fourth-order valence-electron chi connectivity index (χ4n) is 1.67. The minimum atomic E-state index is 0.712. The number of methoxy groups -OCH3 is 1. The molecule has 2 aromatic rings. The summed E-state index contributed by atoms with van der Waals surface area (Å²) in [6.45, 7) is 1.47. The molecule has 0 saturated heterocycles. The maximum absolute atomic E-state index is 5.27. The van der Waals surface area contributed by atoms with Crippen molar-refractivity contribution >= 4 is 31.9 Å². The van der Waals surface area contributed by atoms with Crippen LogP contribution in [0.15, 0.2) is 39.7 Å². The van der Waals surface area contributed by atoms with Gasteiger partial charge in [0.05, 0.1) is 21.7 Å². The molecule has 4 nitrogen and oxygen atoms in total. The zero-order chi connectivity index (χ0) is 13.7. The molecule has 1 N–H and O–H groups in total. The van der Waals surface area contributed by atoms with Crippen LogP contribution in [0, 0.1) is 0 Å². The summed E-state index contributed by atoms with van der Waals surface area (Å²) in [7, 11) is 1.65. The van der Waals surface area contributed by atoms with Gasteiger partial charge in [0.1, 0.15) is 12.1 Å². The highest BCUT2D eigenvalue weighted by atomic mass is 79.9. The lowest BCUT2D eigenvalue weighted by molar-refractivity contribution is 0.409. The standard InChI is InChI=1S/C13H13Br2N3O/c1-19-13-11(14)4-9(5-12(13)15)6-17-7-10-2-3-16-8-18-10/h2-5,8,17H,6-7H2,1H3. The summed E-state index contributed by atoms with van der Waals surface area (Å²) in [5.74, 6) is 0.805. The Morgan fingerprint density at radius 2 is 1.95 bits per heavy atom. The lowest BCUT2D eigenvalue weighted by atomic mass is 10.2. The van der Waals surface area contributed by atoms with E-state index in [1.807, 2.05) is 18.2 Å². The van der Waals surface area contributed by atoms with Crippen molar-refractivity contribution in [2.75, 3.05) is 7.11 Å². The molecule has 0 atom stereocenters. The fraction of sp³-hybridized carbons (Fsp3) is 0.231. The summed E-state index contributed by atoms with van der Waals surface area (Å²) in [5, 5.41) is 3.34. The average molecular weight is 387 g/mol. The van der Waals surface area contributed by atoms with Crippen molar-refractivity contribution in [3.05, 3.63) is 50.9 Å². The quantitative estimate of drug-likeness (QED) is 0.856. The molecule has 0 saturated carbocycles. The zero-order valence-corrected chi connectivity index (χ0v) is 13.5. The van der Waals surface area contributed by atoms with E-state index in [1.54, 1.807) is 19.6 Å². The van der Waals surface area contributed by atoms with Gasteiger partial charge >= 0.3 is 0 Å². The number of nitrogens with one attached hydrogen (secondary N) is 1. The van der Waals surface area contributed by atoms with Crippen LogP contribution in [0.4, 0.5) is 0 Å². The van der Waals surface area contributed by atoms with E-state index in [0.717, 1.165) is 32.5 Å². The SMILES string of the molecule is COc1c(Br)cc(CNCc2ccncn2)cc1Br. The Labute approximate surface area is 128 Å². The van der Waals surface area contributed by atoms with Gasteiger partial charge in [-0.15, -0.1) is 0 Å². The summed E-state index contributed by atoms with van der Waals surface area (Å²) >= 11 is 6.98. The minimum absolute atomic E-state index is 0.712. The van der Waals surface area contributed by atoms with Crippen molar-refractivity contribution in [3.63, 3.8) is 0 Å². The van der Waals surface area contributed by atoms with Gasteiger partial charge in [0.2, 0.25) is 0 Å². The van der Waals surface area contributed by atoms with Crippen LogP contribution in [0.25, 0.3) is 0 Å². The zero-order valence-electron chi connectivity index (χ0n) is 10.4. The number of ether oxygens (including phenoxy) is 1. The lowest BCUT2D eigenvalue weighted by Gasteiger charge is -2.10. The van der Waals surface area contributed by atoms with Crippen molar-refractivity contribution < 1.29 is 4.74 Å². The maximum atomic E-state index is 5.27. The van der Waals surface area contributed by atoms with E-state index < -0.39 is 0 Å². The molecule has 2 rings (SSSR count). The fourth-order valence-corrected chi connectivity index (χ4v) is 3.27. The van der Waals surface area contributed by atoms with Crippen LogP contribution >= 0.6 is 31.9 Å². The first-order chi connectivity index (χ1) is 9.20. The molecule has 0 bridgehead atoms. The Morgan fingerprint density at radius 1 is 1.21 bits per heavy atom. The van der Waals surface area contributed by atoms with Crippen LogP contribution in [-0.2, 0) is 13.1 Å². The van der Waals surface area contributed by atoms with Gasteiger partial charge in [0, 0.05) is 19.3 Å². The van der Waals surface area contributed by atoms with Gasteiger partial charge in [-0.1, -0.05) is 0 Å². The molecule has 6 heteroatoms. The highest BCUT2D eigenvalue weighted by Crippen LogP contribution is 2.34. The van der Waals surface area contributed by atoms with E-state index in [1.165, 1.54) is 0 Å². The third kappa shape index (κ3) is 3.99. The van der Waals surface area contributed by atoms with Crippen molar-refractivity contribution in [2.45, 2.75) is 13.1 Å². The van der Waals surface area contributed by atoms with Gasteiger partial charge in [-0.3, -0.25) is 0 Å². The highest BCUT2D eigenvalue weighted by molar-refractivity contribution is 9.11. The van der Waals surface area contributed by atoms with Gasteiger partial charge in [-0.2, -0.15) is 0 Å². The molecule has 1 aromatic heterocycles. The topological polar surface area (TPSA) is 47.0 Å². The van der Waals surface area contributed by atoms with Crippen LogP contribution in [0.1, 0.15) is 11.3 Å². The Morgan fingerprint density at radius 3 is 2.53 bits per heavy atom. The Balaban J connectivity index is 1.97. The number of benzene rings is 1. The first kappa shape index (κ1) is 14.4. The molecule has 0 amide bonds. The smallest absolute Gasteiger partial charge is 0.147 e. The molecule has 0 unspecified atom stereocenters. The molecule has 0 spiro atoms. The first-order valence-electron chi connectivity index (χ1n) is 5.68. The second-order valence-corrected chi connectivity index (χ2v) is 5.61. The van der Waals surface area contributed by atoms with Gasteiger partial charge < -0.3 is 10.1 Å². The average Bonchev–Trinajstić information content (AvgIpc) is 2.40. The molecule has 1 heterocycles. The van der Waals surface area contributed by atoms with Crippen molar-refractivity contribution in [1.82, 2.24) is 15.3 Å². The Kier molecular flexibility index (Phi) is 5.30. The summed E-state index contributed by atoms with van der Waals surface area (Å²) < 4.78 is 7.14. The van der Waals surface area contributed by atoms with E-state index >= 15 is 0 Å². The van der Waals surface area contributed by atoms with Gasteiger partial charge in [0.25, 0.3) is 0 Å². The maximum Gasteiger partial charge on any atom is 0.147 e. The molecule has 0 aliphatic heterocycles. The predicted octanol–water partition coefficient (Wildman–Crippen LogP) is 3.30. The van der Waals surface area contributed by atoms with Gasteiger partial charge in [-0.05, 0) is 55.6 Å². The van der Waals surface area contributed by atoms with E-state index in [9.17, 15) is 0 Å². The number of aromatic nitrogens is 2. The second kappa shape index (κ2) is 6.98. The normalized spacial score (nSPS) is 10.5. The monoisotopic (exact) mass is 385 g/mol. The van der Waals surface area contributed by atoms with Crippen LogP contribution in [0.2, 0.25) is 0 Å². The third-order valence-electron chi connectivity index (χ3n) is 2.54. The van der Waals surface area contributed by atoms with Crippen LogP contribution < -0.4 is 10.1 Å². The minimum Gasteiger partial charge on any atom is -0.494 e. The van der Waals surface area contributed by atoms with Crippen molar-refractivity contribution in [1.29, 1.82) is 0 Å². The molecule has 0 radical (unpaired) electrons. The molecule has 100 valence electrons. The molecule has 1 aromatic carbocycles. The van der Waals surface area contributed by atoms with E-state index in [4.69, 9.17) is 4.74 Å². The van der Waals surface area contributed by atoms with Crippen molar-refractivity contribution in [3.8, 4) is 5.75 Å².